The molecule has 18 heavy (non-hydrogen) atoms. The fourth-order valence-corrected chi connectivity index (χ4v) is 2.72. The van der Waals surface area contributed by atoms with Crippen LogP contribution in [0.5, 0.6) is 0 Å². The zero-order valence-corrected chi connectivity index (χ0v) is 12.0. The molecule has 0 aliphatic carbocycles. The van der Waals surface area contributed by atoms with Crippen LogP contribution in [0.4, 0.5) is 0 Å². The molecule has 0 aromatic heterocycles. The zero-order chi connectivity index (χ0) is 12.6. The van der Waals surface area contributed by atoms with Crippen LogP contribution in [0.3, 0.4) is 0 Å². The summed E-state index contributed by atoms with van der Waals surface area (Å²) in [6, 6.07) is 20.5. The summed E-state index contributed by atoms with van der Waals surface area (Å²) >= 11 is 0.451. The van der Waals surface area contributed by atoms with Crippen LogP contribution in [0.25, 0.3) is 4.47 Å². The maximum atomic E-state index is 3.16. The van der Waals surface area contributed by atoms with Crippen LogP contribution < -0.4 is 0 Å². The van der Waals surface area contributed by atoms with Crippen molar-refractivity contribution in [3.63, 3.8) is 0 Å². The molecule has 2 aromatic rings. The van der Waals surface area contributed by atoms with E-state index in [2.05, 4.69) is 41.9 Å². The van der Waals surface area contributed by atoms with Crippen LogP contribution in [0, 0.1) is 11.8 Å². The van der Waals surface area contributed by atoms with Gasteiger partial charge in [0.05, 0.1) is 0 Å². The Morgan fingerprint density at radius 3 is 2.17 bits per heavy atom. The van der Waals surface area contributed by atoms with Crippen molar-refractivity contribution >= 4 is 19.4 Å². The van der Waals surface area contributed by atoms with E-state index in [-0.39, 0.29) is 0 Å². The Balaban J connectivity index is 2.20. The second-order valence-corrected chi connectivity index (χ2v) is 5.49. The zero-order valence-electron chi connectivity index (χ0n) is 10.3. The summed E-state index contributed by atoms with van der Waals surface area (Å²) in [7, 11) is 0. The Kier molecular flexibility index (Phi) is 4.85. The molecule has 0 aliphatic heterocycles. The van der Waals surface area contributed by atoms with E-state index < -0.39 is 0 Å². The second-order valence-electron chi connectivity index (χ2n) is 3.71. The van der Waals surface area contributed by atoms with Crippen LogP contribution in [0.2, 0.25) is 5.82 Å². The molecule has 0 aliphatic rings. The topological polar surface area (TPSA) is 0 Å². The standard InChI is InChI=1S/C17H14Se/c1-18-17(16-12-6-3-7-13-16)14-8-11-15-9-4-2-5-10-15/h2-7,9-10,12-14H,1H3/b17-14-. The van der Waals surface area contributed by atoms with E-state index in [4.69, 9.17) is 0 Å². The summed E-state index contributed by atoms with van der Waals surface area (Å²) in [5, 5.41) is 0. The Hall–Kier alpha value is -1.74. The summed E-state index contributed by atoms with van der Waals surface area (Å²) < 4.78 is 1.34. The summed E-state index contributed by atoms with van der Waals surface area (Å²) in [6.07, 6.45) is 2.04. The molecular formula is C17H14Se. The summed E-state index contributed by atoms with van der Waals surface area (Å²) in [6.45, 7) is 0. The van der Waals surface area contributed by atoms with Crippen molar-refractivity contribution < 1.29 is 0 Å². The maximum absolute atomic E-state index is 3.16. The predicted octanol–water partition coefficient (Wildman–Crippen LogP) is 3.83. The van der Waals surface area contributed by atoms with Crippen molar-refractivity contribution in [3.05, 3.63) is 77.9 Å². The van der Waals surface area contributed by atoms with Crippen LogP contribution in [0.1, 0.15) is 11.1 Å². The van der Waals surface area contributed by atoms with Gasteiger partial charge in [-0.3, -0.25) is 0 Å². The Morgan fingerprint density at radius 1 is 0.944 bits per heavy atom. The van der Waals surface area contributed by atoms with Gasteiger partial charge in [0.25, 0.3) is 0 Å². The van der Waals surface area contributed by atoms with Gasteiger partial charge in [-0.15, -0.1) is 0 Å². The Bertz CT molecular complexity index is 571. The number of rotatable bonds is 2. The van der Waals surface area contributed by atoms with Gasteiger partial charge in [-0.1, -0.05) is 0 Å². The van der Waals surface area contributed by atoms with E-state index in [0.29, 0.717) is 15.0 Å². The third kappa shape index (κ3) is 3.64. The van der Waals surface area contributed by atoms with Crippen molar-refractivity contribution in [3.8, 4) is 11.8 Å². The summed E-state index contributed by atoms with van der Waals surface area (Å²) in [5.41, 5.74) is 2.34. The monoisotopic (exact) mass is 298 g/mol. The van der Waals surface area contributed by atoms with Crippen LogP contribution in [-0.4, -0.2) is 15.0 Å². The minimum absolute atomic E-state index is 0.451. The molecule has 0 atom stereocenters. The molecule has 1 heteroatoms. The average Bonchev–Trinajstić information content (AvgIpc) is 2.46. The van der Waals surface area contributed by atoms with Crippen molar-refractivity contribution in [1.29, 1.82) is 0 Å². The van der Waals surface area contributed by atoms with Gasteiger partial charge in [-0.25, -0.2) is 0 Å². The third-order valence-corrected chi connectivity index (χ3v) is 4.14. The molecule has 88 valence electrons. The number of hydrogen-bond acceptors (Lipinski definition) is 0. The molecule has 0 N–H and O–H groups in total. The second kappa shape index (κ2) is 6.87. The first-order chi connectivity index (χ1) is 8.90. The molecule has 0 bridgehead atoms. The minimum atomic E-state index is 0.451. The third-order valence-electron chi connectivity index (χ3n) is 2.47. The molecule has 0 unspecified atom stereocenters. The van der Waals surface area contributed by atoms with Gasteiger partial charge in [-0.2, -0.15) is 0 Å². The van der Waals surface area contributed by atoms with Crippen molar-refractivity contribution in [2.24, 2.45) is 0 Å². The van der Waals surface area contributed by atoms with E-state index in [1.165, 1.54) is 10.0 Å². The van der Waals surface area contributed by atoms with Crippen LogP contribution in [0.15, 0.2) is 66.7 Å². The van der Waals surface area contributed by atoms with Crippen LogP contribution >= 0.6 is 0 Å². The molecule has 2 rings (SSSR count). The van der Waals surface area contributed by atoms with Gasteiger partial charge in [0.15, 0.2) is 0 Å². The quantitative estimate of drug-likeness (QED) is 0.584. The van der Waals surface area contributed by atoms with Crippen molar-refractivity contribution in [1.82, 2.24) is 0 Å². The first kappa shape index (κ1) is 12.7. The number of allylic oxidation sites excluding steroid dienone is 1. The molecule has 0 amide bonds. The van der Waals surface area contributed by atoms with Crippen LogP contribution in [-0.2, 0) is 0 Å². The van der Waals surface area contributed by atoms with Gasteiger partial charge in [0.1, 0.15) is 0 Å². The summed E-state index contributed by atoms with van der Waals surface area (Å²) in [4.78, 5) is 0. The molecule has 0 spiro atoms. The summed E-state index contributed by atoms with van der Waals surface area (Å²) in [5.74, 6) is 8.54. The van der Waals surface area contributed by atoms with E-state index in [9.17, 15) is 0 Å². The van der Waals surface area contributed by atoms with Gasteiger partial charge < -0.3 is 0 Å². The van der Waals surface area contributed by atoms with Gasteiger partial charge in [0.2, 0.25) is 0 Å². The molecule has 2 aromatic carbocycles. The molecular weight excluding hydrogens is 283 g/mol. The normalized spacial score (nSPS) is 10.6. The Labute approximate surface area is 115 Å². The van der Waals surface area contributed by atoms with E-state index in [0.717, 1.165) is 5.56 Å². The molecule has 0 fully saturated rings. The molecule has 0 saturated carbocycles. The number of benzene rings is 2. The average molecular weight is 297 g/mol. The van der Waals surface area contributed by atoms with E-state index >= 15 is 0 Å². The number of hydrogen-bond donors (Lipinski definition) is 0. The van der Waals surface area contributed by atoms with Gasteiger partial charge >= 0.3 is 115 Å². The molecule has 0 saturated heterocycles. The first-order valence-electron chi connectivity index (χ1n) is 5.76. The van der Waals surface area contributed by atoms with Gasteiger partial charge in [0, 0.05) is 0 Å². The fraction of sp³-hybridized carbons (Fsp3) is 0.0588. The Morgan fingerprint density at radius 2 is 1.56 bits per heavy atom. The van der Waals surface area contributed by atoms with Gasteiger partial charge in [-0.05, 0) is 0 Å². The fourth-order valence-electron chi connectivity index (χ4n) is 1.57. The molecule has 0 nitrogen and oxygen atoms in total. The van der Waals surface area contributed by atoms with E-state index in [1.54, 1.807) is 0 Å². The predicted molar refractivity (Wildman–Crippen MR) is 79.4 cm³/mol. The van der Waals surface area contributed by atoms with Crippen molar-refractivity contribution in [2.45, 2.75) is 5.82 Å². The molecule has 0 heterocycles. The first-order valence-corrected chi connectivity index (χ1v) is 8.33. The SMILES string of the molecule is C[Se]/C(=C\C#Cc1ccccc1)c1ccccc1. The van der Waals surface area contributed by atoms with E-state index in [1.807, 2.05) is 42.5 Å². The van der Waals surface area contributed by atoms with Crippen molar-refractivity contribution in [2.75, 3.05) is 0 Å². The molecule has 0 radical (unpaired) electrons.